The standard InChI is InChI=1S/C8H12N2O3S/c1-2-14(12,13)6-5-10-7-9-4-3-8(10)11/h3-4,7H,2,5-6H2,1H3. The van der Waals surface area contributed by atoms with E-state index in [2.05, 4.69) is 4.98 Å². The Morgan fingerprint density at radius 3 is 2.79 bits per heavy atom. The van der Waals surface area contributed by atoms with Crippen LogP contribution < -0.4 is 5.56 Å². The van der Waals surface area contributed by atoms with Crippen LogP contribution in [0.5, 0.6) is 0 Å². The Bertz CT molecular complexity index is 450. The van der Waals surface area contributed by atoms with E-state index in [9.17, 15) is 13.2 Å². The molecule has 78 valence electrons. The summed E-state index contributed by atoms with van der Waals surface area (Å²) in [5.74, 6) is 0.0805. The van der Waals surface area contributed by atoms with Gasteiger partial charge in [-0.3, -0.25) is 9.36 Å². The highest BCUT2D eigenvalue weighted by atomic mass is 32.2. The molecule has 0 aliphatic rings. The van der Waals surface area contributed by atoms with Gasteiger partial charge in [0.1, 0.15) is 0 Å². The third-order valence-electron chi connectivity index (χ3n) is 1.88. The maximum Gasteiger partial charge on any atom is 0.253 e. The van der Waals surface area contributed by atoms with Gasteiger partial charge in [-0.1, -0.05) is 6.92 Å². The van der Waals surface area contributed by atoms with E-state index in [0.29, 0.717) is 0 Å². The minimum atomic E-state index is -3.02. The first-order valence-corrected chi connectivity index (χ1v) is 6.08. The summed E-state index contributed by atoms with van der Waals surface area (Å²) in [6.45, 7) is 1.75. The molecule has 0 bridgehead atoms. The molecule has 0 spiro atoms. The fourth-order valence-corrected chi connectivity index (χ4v) is 1.69. The van der Waals surface area contributed by atoms with Crippen molar-refractivity contribution in [3.63, 3.8) is 0 Å². The molecule has 0 N–H and O–H groups in total. The van der Waals surface area contributed by atoms with E-state index in [1.165, 1.54) is 23.2 Å². The van der Waals surface area contributed by atoms with Crippen molar-refractivity contribution in [2.45, 2.75) is 13.5 Å². The van der Waals surface area contributed by atoms with Crippen molar-refractivity contribution in [2.24, 2.45) is 0 Å². The van der Waals surface area contributed by atoms with Crippen LogP contribution in [0.2, 0.25) is 0 Å². The Morgan fingerprint density at radius 2 is 2.21 bits per heavy atom. The molecule has 0 fully saturated rings. The molecular weight excluding hydrogens is 204 g/mol. The summed E-state index contributed by atoms with van der Waals surface area (Å²) in [4.78, 5) is 14.9. The van der Waals surface area contributed by atoms with Crippen molar-refractivity contribution in [1.82, 2.24) is 9.55 Å². The summed E-state index contributed by atoms with van der Waals surface area (Å²) in [5.41, 5.74) is -0.230. The van der Waals surface area contributed by atoms with E-state index in [4.69, 9.17) is 0 Å². The van der Waals surface area contributed by atoms with E-state index in [0.717, 1.165) is 0 Å². The summed E-state index contributed by atoms with van der Waals surface area (Å²) in [6.07, 6.45) is 2.72. The monoisotopic (exact) mass is 216 g/mol. The third kappa shape index (κ3) is 2.95. The summed E-state index contributed by atoms with van der Waals surface area (Å²) >= 11 is 0. The van der Waals surface area contributed by atoms with Crippen molar-refractivity contribution < 1.29 is 8.42 Å². The molecule has 0 saturated carbocycles. The summed E-state index contributed by atoms with van der Waals surface area (Å²) < 4.78 is 23.6. The Morgan fingerprint density at radius 1 is 1.50 bits per heavy atom. The first-order valence-electron chi connectivity index (χ1n) is 4.26. The van der Waals surface area contributed by atoms with Crippen LogP contribution in [-0.2, 0) is 16.4 Å². The zero-order valence-corrected chi connectivity index (χ0v) is 8.70. The molecule has 1 aromatic rings. The average Bonchev–Trinajstić information content (AvgIpc) is 2.17. The van der Waals surface area contributed by atoms with Crippen molar-refractivity contribution in [3.05, 3.63) is 28.9 Å². The lowest BCUT2D eigenvalue weighted by Gasteiger charge is -2.03. The zero-order valence-electron chi connectivity index (χ0n) is 7.88. The second kappa shape index (κ2) is 4.36. The van der Waals surface area contributed by atoms with E-state index in [-0.39, 0.29) is 23.6 Å². The van der Waals surface area contributed by atoms with E-state index in [1.54, 1.807) is 6.92 Å². The second-order valence-corrected chi connectivity index (χ2v) is 5.32. The molecule has 0 unspecified atom stereocenters. The average molecular weight is 216 g/mol. The first-order chi connectivity index (χ1) is 6.55. The minimum absolute atomic E-state index is 0.0188. The molecule has 1 aromatic heterocycles. The van der Waals surface area contributed by atoms with Crippen LogP contribution in [0, 0.1) is 0 Å². The fourth-order valence-electron chi connectivity index (χ4n) is 0.928. The number of aromatic nitrogens is 2. The normalized spacial score (nSPS) is 11.5. The number of sulfone groups is 1. The molecule has 0 atom stereocenters. The summed E-state index contributed by atoms with van der Waals surface area (Å²) in [5, 5.41) is 0. The van der Waals surface area contributed by atoms with E-state index >= 15 is 0 Å². The molecule has 0 amide bonds. The number of hydrogen-bond donors (Lipinski definition) is 0. The van der Waals surface area contributed by atoms with Crippen LogP contribution in [0.15, 0.2) is 23.4 Å². The molecule has 0 radical (unpaired) electrons. The number of rotatable bonds is 4. The Kier molecular flexibility index (Phi) is 3.40. The van der Waals surface area contributed by atoms with Gasteiger partial charge in [0.25, 0.3) is 5.56 Å². The van der Waals surface area contributed by atoms with Crippen molar-refractivity contribution in [1.29, 1.82) is 0 Å². The molecule has 0 aromatic carbocycles. The van der Waals surface area contributed by atoms with Gasteiger partial charge in [-0.2, -0.15) is 0 Å². The van der Waals surface area contributed by atoms with Gasteiger partial charge in [0, 0.05) is 24.6 Å². The first kappa shape index (κ1) is 10.9. The molecule has 0 saturated heterocycles. The molecule has 6 heteroatoms. The number of hydrogen-bond acceptors (Lipinski definition) is 4. The van der Waals surface area contributed by atoms with Crippen LogP contribution in [0.3, 0.4) is 0 Å². The summed E-state index contributed by atoms with van der Waals surface area (Å²) in [6, 6.07) is 1.30. The third-order valence-corrected chi connectivity index (χ3v) is 3.56. The van der Waals surface area contributed by atoms with Gasteiger partial charge < -0.3 is 0 Å². The Labute approximate surface area is 82.3 Å². The SMILES string of the molecule is CCS(=O)(=O)CCn1cnccc1=O. The lowest BCUT2D eigenvalue weighted by atomic mass is 10.6. The highest BCUT2D eigenvalue weighted by Gasteiger charge is 2.07. The van der Waals surface area contributed by atoms with Gasteiger partial charge in [-0.15, -0.1) is 0 Å². The van der Waals surface area contributed by atoms with Gasteiger partial charge in [-0.25, -0.2) is 13.4 Å². The van der Waals surface area contributed by atoms with Crippen LogP contribution in [0.1, 0.15) is 6.92 Å². The number of aryl methyl sites for hydroxylation is 1. The highest BCUT2D eigenvalue weighted by molar-refractivity contribution is 7.91. The maximum atomic E-state index is 11.2. The van der Waals surface area contributed by atoms with Crippen LogP contribution in [-0.4, -0.2) is 29.5 Å². The van der Waals surface area contributed by atoms with Crippen molar-refractivity contribution >= 4 is 9.84 Å². The molecular formula is C8H12N2O3S. The van der Waals surface area contributed by atoms with Gasteiger partial charge in [-0.05, 0) is 0 Å². The Balaban J connectivity index is 2.73. The Hall–Kier alpha value is -1.17. The predicted molar refractivity (Wildman–Crippen MR) is 52.8 cm³/mol. The smallest absolute Gasteiger partial charge is 0.253 e. The van der Waals surface area contributed by atoms with Crippen molar-refractivity contribution in [3.8, 4) is 0 Å². The lowest BCUT2D eigenvalue weighted by molar-refractivity contribution is 0.587. The molecule has 1 rings (SSSR count). The van der Waals surface area contributed by atoms with Gasteiger partial charge in [0.05, 0.1) is 12.1 Å². The van der Waals surface area contributed by atoms with Crippen LogP contribution in [0.4, 0.5) is 0 Å². The predicted octanol–water partition coefficient (Wildman–Crippen LogP) is -0.322. The molecule has 0 aliphatic heterocycles. The second-order valence-electron chi connectivity index (χ2n) is 2.85. The van der Waals surface area contributed by atoms with E-state index < -0.39 is 9.84 Å². The van der Waals surface area contributed by atoms with Gasteiger partial charge in [0.15, 0.2) is 9.84 Å². The largest absolute Gasteiger partial charge is 0.298 e. The zero-order chi connectivity index (χ0) is 10.6. The molecule has 0 aliphatic carbocycles. The quantitative estimate of drug-likeness (QED) is 0.691. The van der Waals surface area contributed by atoms with Gasteiger partial charge in [0.2, 0.25) is 0 Å². The molecule has 1 heterocycles. The topological polar surface area (TPSA) is 69.0 Å². The molecule has 5 nitrogen and oxygen atoms in total. The van der Waals surface area contributed by atoms with E-state index in [1.807, 2.05) is 0 Å². The van der Waals surface area contributed by atoms with Crippen LogP contribution >= 0.6 is 0 Å². The minimum Gasteiger partial charge on any atom is -0.298 e. The maximum absolute atomic E-state index is 11.2. The van der Waals surface area contributed by atoms with Crippen LogP contribution in [0.25, 0.3) is 0 Å². The lowest BCUT2D eigenvalue weighted by Crippen LogP contribution is -2.23. The van der Waals surface area contributed by atoms with Crippen molar-refractivity contribution in [2.75, 3.05) is 11.5 Å². The highest BCUT2D eigenvalue weighted by Crippen LogP contribution is 1.90. The fraction of sp³-hybridized carbons (Fsp3) is 0.500. The summed E-state index contributed by atoms with van der Waals surface area (Å²) in [7, 11) is -3.02. The molecule has 14 heavy (non-hydrogen) atoms. The number of nitrogens with zero attached hydrogens (tertiary/aromatic N) is 2. The van der Waals surface area contributed by atoms with Gasteiger partial charge >= 0.3 is 0 Å².